The lowest BCUT2D eigenvalue weighted by Gasteiger charge is -2.31. The first-order valence-corrected chi connectivity index (χ1v) is 11.4. The number of likely N-dealkylation sites (N-methyl/N-ethyl adjacent to an activating group) is 1. The molecule has 1 heterocycles. The Morgan fingerprint density at radius 3 is 1.92 bits per heavy atom. The fourth-order valence-corrected chi connectivity index (χ4v) is 3.72. The minimum absolute atomic E-state index is 0.378. The highest BCUT2D eigenvalue weighted by molar-refractivity contribution is 5.88. The molecule has 3 nitrogen and oxygen atoms in total. The number of nitrogens with zero attached hydrogens (tertiary/aromatic N) is 2. The van der Waals surface area contributed by atoms with Crippen molar-refractivity contribution in [3.05, 3.63) is 12.2 Å². The molecule has 0 fully saturated rings. The van der Waals surface area contributed by atoms with Crippen LogP contribution in [-0.4, -0.2) is 41.8 Å². The molecule has 0 aromatic rings. The van der Waals surface area contributed by atoms with Crippen molar-refractivity contribution in [2.45, 2.75) is 110 Å². The Kier molecular flexibility index (Phi) is 12.9. The van der Waals surface area contributed by atoms with Crippen LogP contribution in [0.2, 0.25) is 0 Å². The van der Waals surface area contributed by atoms with Gasteiger partial charge in [0.15, 0.2) is 6.23 Å². The van der Waals surface area contributed by atoms with Crippen LogP contribution in [-0.2, 0) is 0 Å². The molecule has 1 N–H and O–H groups in total. The number of aliphatic hydroxyl groups is 1. The van der Waals surface area contributed by atoms with E-state index in [4.69, 9.17) is 0 Å². The van der Waals surface area contributed by atoms with E-state index in [2.05, 4.69) is 31.1 Å². The molecule has 1 aliphatic rings. The lowest BCUT2D eigenvalue weighted by molar-refractivity contribution is -0.862. The number of hydrogen-bond acceptors (Lipinski definition) is 2. The number of unbranched alkanes of at least 4 members (excludes halogenated alkanes) is 13. The van der Waals surface area contributed by atoms with Crippen LogP contribution in [0.25, 0.3) is 0 Å². The average Bonchev–Trinajstić information content (AvgIpc) is 3.00. The third kappa shape index (κ3) is 9.32. The Morgan fingerprint density at radius 2 is 1.42 bits per heavy atom. The zero-order chi connectivity index (χ0) is 19.1. The van der Waals surface area contributed by atoms with Gasteiger partial charge in [-0.25, -0.2) is 4.99 Å². The standard InChI is InChI=1S/C23H45N2O/c1-4-5-6-7-8-9-10-11-12-13-14-15-16-17-18-19-23-24-20-21-25(23,3)22(2)26/h18-19,22,26H,4-17,20-21H2,1-3H3/q+1. The molecule has 0 amide bonds. The van der Waals surface area contributed by atoms with E-state index in [1.807, 2.05) is 6.92 Å². The molecule has 152 valence electrons. The fraction of sp³-hybridized carbons (Fsp3) is 0.870. The zero-order valence-electron chi connectivity index (χ0n) is 17.9. The van der Waals surface area contributed by atoms with Crippen LogP contribution in [0.3, 0.4) is 0 Å². The molecule has 26 heavy (non-hydrogen) atoms. The predicted molar refractivity (Wildman–Crippen MR) is 114 cm³/mol. The van der Waals surface area contributed by atoms with E-state index in [0.717, 1.165) is 25.3 Å². The molecule has 2 atom stereocenters. The van der Waals surface area contributed by atoms with Crippen molar-refractivity contribution >= 4 is 5.84 Å². The summed E-state index contributed by atoms with van der Waals surface area (Å²) in [7, 11) is 2.08. The van der Waals surface area contributed by atoms with Gasteiger partial charge in [-0.05, 0) is 12.8 Å². The maximum atomic E-state index is 9.96. The van der Waals surface area contributed by atoms with E-state index in [1.54, 1.807) is 0 Å². The van der Waals surface area contributed by atoms with Crippen molar-refractivity contribution in [3.8, 4) is 0 Å². The number of quaternary nitrogens is 1. The number of aliphatic hydroxyl groups excluding tert-OH is 1. The lowest BCUT2D eigenvalue weighted by atomic mass is 10.0. The summed E-state index contributed by atoms with van der Waals surface area (Å²) in [5.74, 6) is 1.04. The summed E-state index contributed by atoms with van der Waals surface area (Å²) in [6.45, 7) is 5.89. The van der Waals surface area contributed by atoms with E-state index in [9.17, 15) is 5.11 Å². The van der Waals surface area contributed by atoms with Crippen molar-refractivity contribution in [1.82, 2.24) is 0 Å². The first kappa shape index (κ1) is 23.4. The highest BCUT2D eigenvalue weighted by Crippen LogP contribution is 2.17. The van der Waals surface area contributed by atoms with Crippen LogP contribution in [0.1, 0.15) is 104 Å². The topological polar surface area (TPSA) is 32.6 Å². The van der Waals surface area contributed by atoms with E-state index < -0.39 is 0 Å². The fourth-order valence-electron chi connectivity index (χ4n) is 3.72. The van der Waals surface area contributed by atoms with Gasteiger partial charge in [-0.15, -0.1) is 0 Å². The van der Waals surface area contributed by atoms with E-state index in [1.165, 1.54) is 83.5 Å². The van der Waals surface area contributed by atoms with Crippen LogP contribution in [0.15, 0.2) is 17.1 Å². The maximum absolute atomic E-state index is 9.96. The van der Waals surface area contributed by atoms with Gasteiger partial charge in [0.1, 0.15) is 6.54 Å². The summed E-state index contributed by atoms with van der Waals surface area (Å²) in [6, 6.07) is 0. The molecule has 0 saturated carbocycles. The zero-order valence-corrected chi connectivity index (χ0v) is 17.9. The van der Waals surface area contributed by atoms with Gasteiger partial charge in [-0.2, -0.15) is 0 Å². The SMILES string of the molecule is CCCCCCCCCCCCCCCC=CC1=NCC[N+]1(C)C(C)O. The van der Waals surface area contributed by atoms with Gasteiger partial charge in [-0.1, -0.05) is 90.0 Å². The maximum Gasteiger partial charge on any atom is 0.224 e. The Balaban J connectivity index is 1.91. The van der Waals surface area contributed by atoms with Crippen LogP contribution in [0.5, 0.6) is 0 Å². The van der Waals surface area contributed by atoms with Crippen molar-refractivity contribution in [2.24, 2.45) is 4.99 Å². The Morgan fingerprint density at radius 1 is 0.923 bits per heavy atom. The van der Waals surface area contributed by atoms with Crippen molar-refractivity contribution in [1.29, 1.82) is 0 Å². The molecule has 0 aromatic carbocycles. The van der Waals surface area contributed by atoms with Crippen LogP contribution in [0.4, 0.5) is 0 Å². The first-order chi connectivity index (χ1) is 12.6. The van der Waals surface area contributed by atoms with Crippen molar-refractivity contribution in [3.63, 3.8) is 0 Å². The van der Waals surface area contributed by atoms with Crippen molar-refractivity contribution in [2.75, 3.05) is 20.1 Å². The summed E-state index contributed by atoms with van der Waals surface area (Å²) >= 11 is 0. The second kappa shape index (κ2) is 14.4. The summed E-state index contributed by atoms with van der Waals surface area (Å²) in [5.41, 5.74) is 0. The first-order valence-electron chi connectivity index (χ1n) is 11.4. The molecule has 0 aromatic heterocycles. The van der Waals surface area contributed by atoms with Crippen LogP contribution in [0, 0.1) is 0 Å². The molecule has 0 bridgehead atoms. The second-order valence-electron chi connectivity index (χ2n) is 8.30. The van der Waals surface area contributed by atoms with Gasteiger partial charge >= 0.3 is 0 Å². The molecule has 0 radical (unpaired) electrons. The van der Waals surface area contributed by atoms with E-state index in [0.29, 0.717) is 4.48 Å². The Bertz CT molecular complexity index is 403. The number of aliphatic imine (C=N–C) groups is 1. The quantitative estimate of drug-likeness (QED) is 0.255. The highest BCUT2D eigenvalue weighted by atomic mass is 16.3. The molecule has 1 rings (SSSR count). The molecule has 1 aliphatic heterocycles. The summed E-state index contributed by atoms with van der Waals surface area (Å²) in [4.78, 5) is 4.56. The summed E-state index contributed by atoms with van der Waals surface area (Å²) in [5, 5.41) is 9.96. The number of allylic oxidation sites excluding steroid dienone is 1. The highest BCUT2D eigenvalue weighted by Gasteiger charge is 2.36. The Labute approximate surface area is 163 Å². The Hall–Kier alpha value is -0.670. The molecule has 0 saturated heterocycles. The summed E-state index contributed by atoms with van der Waals surface area (Å²) < 4.78 is 0.565. The molecule has 0 spiro atoms. The van der Waals surface area contributed by atoms with Crippen molar-refractivity contribution < 1.29 is 9.59 Å². The molecule has 2 unspecified atom stereocenters. The van der Waals surface area contributed by atoms with Gasteiger partial charge in [0.2, 0.25) is 5.84 Å². The van der Waals surface area contributed by atoms with Crippen LogP contribution < -0.4 is 0 Å². The third-order valence-corrected chi connectivity index (χ3v) is 5.93. The number of rotatable bonds is 16. The minimum atomic E-state index is -0.378. The predicted octanol–water partition coefficient (Wildman–Crippen LogP) is 6.22. The van der Waals surface area contributed by atoms with Gasteiger partial charge in [-0.3, -0.25) is 4.48 Å². The second-order valence-corrected chi connectivity index (χ2v) is 8.30. The molecular weight excluding hydrogens is 320 g/mol. The number of hydrogen-bond donors (Lipinski definition) is 1. The monoisotopic (exact) mass is 365 g/mol. The van der Waals surface area contributed by atoms with E-state index in [-0.39, 0.29) is 6.23 Å². The third-order valence-electron chi connectivity index (χ3n) is 5.93. The van der Waals surface area contributed by atoms with Gasteiger partial charge in [0, 0.05) is 13.0 Å². The van der Waals surface area contributed by atoms with Gasteiger partial charge in [0.25, 0.3) is 0 Å². The lowest BCUT2D eigenvalue weighted by Crippen LogP contribution is -2.52. The molecule has 3 heteroatoms. The minimum Gasteiger partial charge on any atom is -0.345 e. The smallest absolute Gasteiger partial charge is 0.224 e. The molecule has 0 aliphatic carbocycles. The summed E-state index contributed by atoms with van der Waals surface area (Å²) in [6.07, 6.45) is 23.4. The largest absolute Gasteiger partial charge is 0.345 e. The van der Waals surface area contributed by atoms with E-state index >= 15 is 0 Å². The van der Waals surface area contributed by atoms with Gasteiger partial charge in [0.05, 0.1) is 13.6 Å². The molecular formula is C23H45N2O+. The average molecular weight is 366 g/mol. The van der Waals surface area contributed by atoms with Gasteiger partial charge < -0.3 is 5.11 Å². The number of amidine groups is 1. The van der Waals surface area contributed by atoms with Crippen LogP contribution >= 0.6 is 0 Å². The normalized spacial score (nSPS) is 21.5.